The Balaban J connectivity index is 2.64. The first-order chi connectivity index (χ1) is 25.4. The van der Waals surface area contributed by atoms with Crippen molar-refractivity contribution in [2.75, 3.05) is 33.1 Å². The lowest BCUT2D eigenvalue weighted by atomic mass is 9.76. The first-order valence-corrected chi connectivity index (χ1v) is 22.9. The van der Waals surface area contributed by atoms with Crippen molar-refractivity contribution >= 4 is 20.0 Å². The molecular formula is C46H86N3O6P. The largest absolute Gasteiger partial charge is 0.375 e. The summed E-state index contributed by atoms with van der Waals surface area (Å²) < 4.78 is 25.8. The third-order valence-corrected chi connectivity index (χ3v) is 15.6. The third-order valence-electron chi connectivity index (χ3n) is 13.1. The monoisotopic (exact) mass is 808 g/mol. The first kappa shape index (κ1) is 52.4. The molecule has 0 aliphatic rings. The standard InChI is InChI=1S/C46H86N3O6P/c1-21-42(10,11)54-30-34(4)45(16,17)49-40(51)39(50)48-37(7)41(8,9)31-43(12,13)53-28-33(3)36(6)46(18,19)52-27-25-44(14,15)56(20)55-29-32(2)35(5)38-24-22-23-26-47-38/h22-24,26,32-37H,21,25,27-31H2,1-20H3,(H,48,50)(H,49,51). The van der Waals surface area contributed by atoms with E-state index in [2.05, 4.69) is 132 Å². The minimum atomic E-state index is -0.650. The molecule has 9 nitrogen and oxygen atoms in total. The number of hydrogen-bond acceptors (Lipinski definition) is 7. The van der Waals surface area contributed by atoms with Gasteiger partial charge in [-0.05, 0) is 124 Å². The summed E-state index contributed by atoms with van der Waals surface area (Å²) in [6.45, 7) is 45.1. The van der Waals surface area contributed by atoms with Crippen LogP contribution in [0.5, 0.6) is 0 Å². The molecule has 56 heavy (non-hydrogen) atoms. The fourth-order valence-corrected chi connectivity index (χ4v) is 7.63. The number of hydrogen-bond donors (Lipinski definition) is 2. The van der Waals surface area contributed by atoms with E-state index in [-0.39, 0.29) is 45.6 Å². The van der Waals surface area contributed by atoms with Crippen molar-refractivity contribution < 1.29 is 28.3 Å². The van der Waals surface area contributed by atoms with Gasteiger partial charge in [0, 0.05) is 55.2 Å². The normalized spacial score (nSPS) is 17.4. The van der Waals surface area contributed by atoms with Gasteiger partial charge in [-0.1, -0.05) is 75.3 Å². The molecule has 1 aromatic heterocycles. The number of amides is 2. The topological polar surface area (TPSA) is 108 Å². The van der Waals surface area contributed by atoms with Gasteiger partial charge in [-0.2, -0.15) is 0 Å². The molecule has 1 heterocycles. The van der Waals surface area contributed by atoms with Crippen LogP contribution in [-0.2, 0) is 28.3 Å². The Kier molecular flexibility index (Phi) is 20.2. The van der Waals surface area contributed by atoms with Gasteiger partial charge in [0.1, 0.15) is 0 Å². The minimum absolute atomic E-state index is 0.00760. The van der Waals surface area contributed by atoms with Crippen LogP contribution in [0.2, 0.25) is 0 Å². The van der Waals surface area contributed by atoms with Gasteiger partial charge in [-0.25, -0.2) is 0 Å². The second-order valence-corrected chi connectivity index (χ2v) is 23.0. The molecule has 0 saturated carbocycles. The Hall–Kier alpha value is -1.64. The van der Waals surface area contributed by atoms with Crippen molar-refractivity contribution in [2.45, 2.75) is 190 Å². The van der Waals surface area contributed by atoms with Crippen LogP contribution in [0.15, 0.2) is 24.4 Å². The van der Waals surface area contributed by atoms with Gasteiger partial charge in [-0.3, -0.25) is 14.6 Å². The summed E-state index contributed by atoms with van der Waals surface area (Å²) in [5, 5.41) is 5.93. The van der Waals surface area contributed by atoms with Crippen LogP contribution in [0.3, 0.4) is 0 Å². The Morgan fingerprint density at radius 2 is 1.36 bits per heavy atom. The predicted octanol–water partition coefficient (Wildman–Crippen LogP) is 10.6. The minimum Gasteiger partial charge on any atom is -0.375 e. The van der Waals surface area contributed by atoms with Crippen LogP contribution in [0.4, 0.5) is 0 Å². The molecule has 0 aliphatic heterocycles. The second kappa shape index (κ2) is 21.6. The molecule has 7 unspecified atom stereocenters. The van der Waals surface area contributed by atoms with Crippen LogP contribution in [0.1, 0.15) is 162 Å². The van der Waals surface area contributed by atoms with Crippen molar-refractivity contribution in [3.8, 4) is 0 Å². The molecule has 10 heteroatoms. The molecule has 326 valence electrons. The van der Waals surface area contributed by atoms with Gasteiger partial charge in [0.05, 0.1) is 36.6 Å². The summed E-state index contributed by atoms with van der Waals surface area (Å²) in [5.41, 5.74) is -0.881. The van der Waals surface area contributed by atoms with Gasteiger partial charge in [0.2, 0.25) is 0 Å². The van der Waals surface area contributed by atoms with Crippen LogP contribution < -0.4 is 10.6 Å². The highest BCUT2D eigenvalue weighted by atomic mass is 31.1. The zero-order valence-corrected chi connectivity index (χ0v) is 40.5. The average Bonchev–Trinajstić information content (AvgIpc) is 3.10. The maximum absolute atomic E-state index is 13.1. The average molecular weight is 808 g/mol. The van der Waals surface area contributed by atoms with Crippen LogP contribution >= 0.6 is 8.15 Å². The molecule has 7 atom stereocenters. The van der Waals surface area contributed by atoms with Crippen molar-refractivity contribution in [3.63, 3.8) is 0 Å². The summed E-state index contributed by atoms with van der Waals surface area (Å²) in [4.78, 5) is 30.7. The maximum Gasteiger partial charge on any atom is 0.309 e. The van der Waals surface area contributed by atoms with Gasteiger partial charge < -0.3 is 29.4 Å². The molecule has 1 rings (SSSR count). The Labute approximate surface area is 345 Å². The molecule has 0 fully saturated rings. The van der Waals surface area contributed by atoms with E-state index in [0.717, 1.165) is 25.1 Å². The summed E-state index contributed by atoms with van der Waals surface area (Å²) >= 11 is 0. The summed E-state index contributed by atoms with van der Waals surface area (Å²) in [5.74, 6) is -0.0449. The fraction of sp³-hybridized carbons (Fsp3) is 0.848. The molecule has 0 bridgehead atoms. The fourth-order valence-electron chi connectivity index (χ4n) is 6.42. The lowest BCUT2D eigenvalue weighted by Gasteiger charge is -2.41. The first-order valence-electron chi connectivity index (χ1n) is 21.2. The molecule has 0 aliphatic carbocycles. The SMILES string of the molecule is CCC(C)(C)OCC(C)C(C)(C)NC(=O)C(=O)NC(C)C(C)(C)CC(C)(C)OCC(C)C(C)C(C)(C)OCCC(C)(C)P(C)OCC(C)C(C)c1ccccn1. The number of nitrogens with one attached hydrogen (secondary N) is 2. The van der Waals surface area contributed by atoms with Crippen molar-refractivity contribution in [1.82, 2.24) is 15.6 Å². The van der Waals surface area contributed by atoms with Crippen LogP contribution in [0.25, 0.3) is 0 Å². The molecule has 2 N–H and O–H groups in total. The van der Waals surface area contributed by atoms with Crippen LogP contribution in [0, 0.1) is 29.1 Å². The molecule has 0 spiro atoms. The van der Waals surface area contributed by atoms with E-state index < -0.39 is 31.1 Å². The number of rotatable bonds is 25. The molecule has 0 radical (unpaired) electrons. The molecule has 2 amide bonds. The highest BCUT2D eigenvalue weighted by molar-refractivity contribution is 7.53. The van der Waals surface area contributed by atoms with Gasteiger partial charge >= 0.3 is 11.8 Å². The number of carbonyl (C=O) groups excluding carboxylic acids is 2. The quantitative estimate of drug-likeness (QED) is 0.0748. The number of pyridine rings is 1. The van der Waals surface area contributed by atoms with Gasteiger partial charge in [0.15, 0.2) is 0 Å². The number of ether oxygens (including phenoxy) is 3. The number of nitrogens with zero attached hydrogens (tertiary/aromatic N) is 1. The Bertz CT molecular complexity index is 1330. The highest BCUT2D eigenvalue weighted by Gasteiger charge is 2.39. The molecule has 1 aromatic rings. The summed E-state index contributed by atoms with van der Waals surface area (Å²) in [6.07, 6.45) is 4.36. The number of aromatic nitrogens is 1. The third kappa shape index (κ3) is 17.3. The highest BCUT2D eigenvalue weighted by Crippen LogP contribution is 2.50. The molecular weight excluding hydrogens is 721 g/mol. The van der Waals surface area contributed by atoms with E-state index in [1.807, 2.05) is 46.0 Å². The van der Waals surface area contributed by atoms with Crippen LogP contribution in [-0.4, -0.2) is 83.4 Å². The molecule has 0 saturated heterocycles. The van der Waals surface area contributed by atoms with E-state index in [1.54, 1.807) is 0 Å². The Morgan fingerprint density at radius 3 is 1.91 bits per heavy atom. The maximum atomic E-state index is 13.1. The molecule has 0 aromatic carbocycles. The van der Waals surface area contributed by atoms with Gasteiger partial charge in [-0.15, -0.1) is 0 Å². The zero-order chi connectivity index (χ0) is 43.5. The van der Waals surface area contributed by atoms with Gasteiger partial charge in [0.25, 0.3) is 0 Å². The van der Waals surface area contributed by atoms with Crippen molar-refractivity contribution in [2.24, 2.45) is 29.1 Å². The summed E-state index contributed by atoms with van der Waals surface area (Å²) in [7, 11) is -0.650. The Morgan fingerprint density at radius 1 is 0.768 bits per heavy atom. The van der Waals surface area contributed by atoms with E-state index in [4.69, 9.17) is 18.7 Å². The van der Waals surface area contributed by atoms with E-state index >= 15 is 0 Å². The van der Waals surface area contributed by atoms with Crippen molar-refractivity contribution in [3.05, 3.63) is 30.1 Å². The van der Waals surface area contributed by atoms with E-state index in [1.165, 1.54) is 0 Å². The second-order valence-electron chi connectivity index (χ2n) is 20.5. The zero-order valence-electron chi connectivity index (χ0n) is 39.6. The lowest BCUT2D eigenvalue weighted by molar-refractivity contribution is -0.142. The number of carbonyl (C=O) groups is 2. The van der Waals surface area contributed by atoms with Crippen molar-refractivity contribution in [1.29, 1.82) is 0 Å². The predicted molar refractivity (Wildman–Crippen MR) is 235 cm³/mol. The lowest BCUT2D eigenvalue weighted by Crippen LogP contribution is -2.56. The smallest absolute Gasteiger partial charge is 0.309 e. The summed E-state index contributed by atoms with van der Waals surface area (Å²) in [6, 6.07) is 5.84. The van der Waals surface area contributed by atoms with E-state index in [0.29, 0.717) is 38.1 Å². The van der Waals surface area contributed by atoms with E-state index in [9.17, 15) is 9.59 Å².